The van der Waals surface area contributed by atoms with Gasteiger partial charge in [-0.3, -0.25) is 9.59 Å². The first-order valence-corrected chi connectivity index (χ1v) is 10.6. The molecule has 1 aromatic heterocycles. The van der Waals surface area contributed by atoms with E-state index in [4.69, 9.17) is 9.47 Å². The SMILES string of the molecule is CCN(CC(=O)Nc1ccc(N2CCOCC2)cc1)C(=O)c1[nH]c(C)c(C(=O)OC)c1C. The zero-order valence-electron chi connectivity index (χ0n) is 19.0. The zero-order chi connectivity index (χ0) is 23.3. The summed E-state index contributed by atoms with van der Waals surface area (Å²) in [5.74, 6) is -1.15. The van der Waals surface area contributed by atoms with Crippen LogP contribution >= 0.6 is 0 Å². The number of hydrogen-bond acceptors (Lipinski definition) is 6. The quantitative estimate of drug-likeness (QED) is 0.638. The minimum absolute atomic E-state index is 0.106. The molecule has 1 saturated heterocycles. The summed E-state index contributed by atoms with van der Waals surface area (Å²) in [7, 11) is 1.30. The van der Waals surface area contributed by atoms with E-state index < -0.39 is 5.97 Å². The molecule has 1 aromatic carbocycles. The summed E-state index contributed by atoms with van der Waals surface area (Å²) in [6, 6.07) is 7.62. The molecule has 1 fully saturated rings. The minimum atomic E-state index is -0.503. The zero-order valence-corrected chi connectivity index (χ0v) is 19.0. The van der Waals surface area contributed by atoms with E-state index in [-0.39, 0.29) is 24.1 Å². The van der Waals surface area contributed by atoms with Crippen LogP contribution in [0.25, 0.3) is 0 Å². The monoisotopic (exact) mass is 442 g/mol. The summed E-state index contributed by atoms with van der Waals surface area (Å²) < 4.78 is 10.2. The van der Waals surface area contributed by atoms with Crippen molar-refractivity contribution in [3.63, 3.8) is 0 Å². The third kappa shape index (κ3) is 5.11. The summed E-state index contributed by atoms with van der Waals surface area (Å²) in [5.41, 5.74) is 3.44. The highest BCUT2D eigenvalue weighted by Gasteiger charge is 2.26. The van der Waals surface area contributed by atoms with Crippen molar-refractivity contribution in [2.75, 3.05) is 56.7 Å². The number of amides is 2. The Labute approximate surface area is 187 Å². The van der Waals surface area contributed by atoms with E-state index in [0.29, 0.717) is 42.3 Å². The summed E-state index contributed by atoms with van der Waals surface area (Å²) in [6.07, 6.45) is 0. The van der Waals surface area contributed by atoms with Crippen molar-refractivity contribution < 1.29 is 23.9 Å². The van der Waals surface area contributed by atoms with Crippen molar-refractivity contribution in [2.24, 2.45) is 0 Å². The molecule has 9 heteroatoms. The Morgan fingerprint density at radius 1 is 1.16 bits per heavy atom. The first-order chi connectivity index (χ1) is 15.3. The van der Waals surface area contributed by atoms with Crippen LogP contribution in [0.5, 0.6) is 0 Å². The lowest BCUT2D eigenvalue weighted by atomic mass is 10.1. The molecule has 1 aliphatic heterocycles. The third-order valence-electron chi connectivity index (χ3n) is 5.57. The molecule has 1 aliphatic rings. The lowest BCUT2D eigenvalue weighted by molar-refractivity contribution is -0.116. The first-order valence-electron chi connectivity index (χ1n) is 10.6. The number of carbonyl (C=O) groups excluding carboxylic acids is 3. The molecule has 0 bridgehead atoms. The Morgan fingerprint density at radius 2 is 1.81 bits per heavy atom. The van der Waals surface area contributed by atoms with E-state index in [9.17, 15) is 14.4 Å². The second-order valence-corrected chi connectivity index (χ2v) is 7.63. The Hall–Kier alpha value is -3.33. The highest BCUT2D eigenvalue weighted by molar-refractivity contribution is 6.02. The molecule has 0 spiro atoms. The van der Waals surface area contributed by atoms with Gasteiger partial charge in [0.2, 0.25) is 5.91 Å². The fourth-order valence-corrected chi connectivity index (χ4v) is 3.81. The van der Waals surface area contributed by atoms with Gasteiger partial charge in [-0.1, -0.05) is 0 Å². The van der Waals surface area contributed by atoms with Gasteiger partial charge in [-0.05, 0) is 50.6 Å². The second-order valence-electron chi connectivity index (χ2n) is 7.63. The van der Waals surface area contributed by atoms with Crippen molar-refractivity contribution in [2.45, 2.75) is 20.8 Å². The third-order valence-corrected chi connectivity index (χ3v) is 5.57. The van der Waals surface area contributed by atoms with Crippen LogP contribution in [0.15, 0.2) is 24.3 Å². The number of nitrogens with zero attached hydrogens (tertiary/aromatic N) is 2. The van der Waals surface area contributed by atoms with E-state index in [1.54, 1.807) is 20.8 Å². The number of nitrogens with one attached hydrogen (secondary N) is 2. The molecular weight excluding hydrogens is 412 g/mol. The van der Waals surface area contributed by atoms with Gasteiger partial charge in [0, 0.05) is 36.7 Å². The molecule has 0 atom stereocenters. The normalized spacial score (nSPS) is 13.6. The number of morpholine rings is 1. The van der Waals surface area contributed by atoms with Crippen molar-refractivity contribution in [1.82, 2.24) is 9.88 Å². The highest BCUT2D eigenvalue weighted by Crippen LogP contribution is 2.21. The largest absolute Gasteiger partial charge is 0.465 e. The maximum atomic E-state index is 13.0. The van der Waals surface area contributed by atoms with Crippen LogP contribution in [0.2, 0.25) is 0 Å². The van der Waals surface area contributed by atoms with Crippen LogP contribution in [0, 0.1) is 13.8 Å². The number of anilines is 2. The number of methoxy groups -OCH3 is 1. The predicted molar refractivity (Wildman–Crippen MR) is 121 cm³/mol. The molecular formula is C23H30N4O5. The van der Waals surface area contributed by atoms with Gasteiger partial charge in [0.05, 0.1) is 25.9 Å². The number of H-pyrrole nitrogens is 1. The summed E-state index contributed by atoms with van der Waals surface area (Å²) >= 11 is 0. The number of ether oxygens (including phenoxy) is 2. The number of aromatic nitrogens is 1. The van der Waals surface area contributed by atoms with Crippen LogP contribution in [0.1, 0.15) is 39.0 Å². The summed E-state index contributed by atoms with van der Waals surface area (Å²) in [6.45, 7) is 8.53. The molecule has 2 amide bonds. The van der Waals surface area contributed by atoms with E-state index in [2.05, 4.69) is 15.2 Å². The van der Waals surface area contributed by atoms with E-state index in [1.807, 2.05) is 24.3 Å². The van der Waals surface area contributed by atoms with Crippen LogP contribution in [-0.4, -0.2) is 74.2 Å². The topological polar surface area (TPSA) is 104 Å². The number of benzene rings is 1. The van der Waals surface area contributed by atoms with Crippen LogP contribution in [0.4, 0.5) is 11.4 Å². The maximum absolute atomic E-state index is 13.0. The fourth-order valence-electron chi connectivity index (χ4n) is 3.81. The highest BCUT2D eigenvalue weighted by atomic mass is 16.5. The smallest absolute Gasteiger partial charge is 0.339 e. The Bertz CT molecular complexity index is 977. The number of rotatable bonds is 7. The number of aromatic amines is 1. The van der Waals surface area contributed by atoms with Gasteiger partial charge >= 0.3 is 5.97 Å². The minimum Gasteiger partial charge on any atom is -0.465 e. The van der Waals surface area contributed by atoms with E-state index in [1.165, 1.54) is 12.0 Å². The molecule has 3 rings (SSSR count). The number of esters is 1. The molecule has 0 aliphatic carbocycles. The van der Waals surface area contributed by atoms with Crippen LogP contribution < -0.4 is 10.2 Å². The molecule has 2 heterocycles. The lowest BCUT2D eigenvalue weighted by Gasteiger charge is -2.29. The van der Waals surface area contributed by atoms with Crippen LogP contribution in [-0.2, 0) is 14.3 Å². The lowest BCUT2D eigenvalue weighted by Crippen LogP contribution is -2.38. The van der Waals surface area contributed by atoms with E-state index >= 15 is 0 Å². The van der Waals surface area contributed by atoms with Gasteiger partial charge in [0.15, 0.2) is 0 Å². The van der Waals surface area contributed by atoms with Crippen LogP contribution in [0.3, 0.4) is 0 Å². The van der Waals surface area contributed by atoms with Crippen molar-refractivity contribution in [3.8, 4) is 0 Å². The van der Waals surface area contributed by atoms with Crippen molar-refractivity contribution in [1.29, 1.82) is 0 Å². The van der Waals surface area contributed by atoms with E-state index in [0.717, 1.165) is 18.8 Å². The maximum Gasteiger partial charge on any atom is 0.339 e. The standard InChI is InChI=1S/C23H30N4O5/c1-5-26(22(29)21-15(2)20(16(3)24-21)23(30)31-4)14-19(28)25-17-6-8-18(9-7-17)27-10-12-32-13-11-27/h6-9,24H,5,10-14H2,1-4H3,(H,25,28). The Balaban J connectivity index is 1.64. The van der Waals surface area contributed by atoms with Gasteiger partial charge in [-0.25, -0.2) is 4.79 Å². The molecule has 0 unspecified atom stereocenters. The summed E-state index contributed by atoms with van der Waals surface area (Å²) in [4.78, 5) is 44.2. The summed E-state index contributed by atoms with van der Waals surface area (Å²) in [5, 5.41) is 2.84. The van der Waals surface area contributed by atoms with Gasteiger partial charge in [-0.15, -0.1) is 0 Å². The van der Waals surface area contributed by atoms with Crippen molar-refractivity contribution >= 4 is 29.2 Å². The Kier molecular flexibility index (Phi) is 7.53. The first kappa shape index (κ1) is 23.3. The van der Waals surface area contributed by atoms with Gasteiger partial charge in [-0.2, -0.15) is 0 Å². The van der Waals surface area contributed by atoms with Gasteiger partial charge in [0.1, 0.15) is 12.2 Å². The number of hydrogen-bond donors (Lipinski definition) is 2. The number of aryl methyl sites for hydroxylation is 1. The molecule has 2 aromatic rings. The number of carbonyl (C=O) groups is 3. The fraction of sp³-hybridized carbons (Fsp3) is 0.435. The molecule has 0 radical (unpaired) electrons. The Morgan fingerprint density at radius 3 is 2.41 bits per heavy atom. The average molecular weight is 443 g/mol. The number of likely N-dealkylation sites (N-methyl/N-ethyl adjacent to an activating group) is 1. The predicted octanol–water partition coefficient (Wildman–Crippen LogP) is 2.36. The molecule has 9 nitrogen and oxygen atoms in total. The van der Waals surface area contributed by atoms with Crippen molar-refractivity contribution in [3.05, 3.63) is 46.8 Å². The molecule has 0 saturated carbocycles. The average Bonchev–Trinajstić information content (AvgIpc) is 3.11. The van der Waals surface area contributed by atoms with Gasteiger partial charge < -0.3 is 29.6 Å². The molecule has 2 N–H and O–H groups in total. The van der Waals surface area contributed by atoms with Gasteiger partial charge in [0.25, 0.3) is 5.91 Å². The second kappa shape index (κ2) is 10.3. The molecule has 32 heavy (non-hydrogen) atoms. The molecule has 172 valence electrons.